The van der Waals surface area contributed by atoms with Gasteiger partial charge in [0.1, 0.15) is 12.6 Å². The van der Waals surface area contributed by atoms with E-state index in [4.69, 9.17) is 23.2 Å². The minimum atomic E-state index is -4.11. The van der Waals surface area contributed by atoms with Gasteiger partial charge < -0.3 is 10.2 Å². The van der Waals surface area contributed by atoms with Crippen molar-refractivity contribution >= 4 is 73.3 Å². The first kappa shape index (κ1) is 32.2. The number of hydrogen-bond acceptors (Lipinski definition) is 4. The molecule has 2 atom stereocenters. The van der Waals surface area contributed by atoms with E-state index in [1.807, 2.05) is 20.8 Å². The predicted molar refractivity (Wildman–Crippen MR) is 169 cm³/mol. The fourth-order valence-corrected chi connectivity index (χ4v) is 6.17. The maximum atomic E-state index is 14.1. The van der Waals surface area contributed by atoms with Crippen molar-refractivity contribution in [2.45, 2.75) is 57.1 Å². The summed E-state index contributed by atoms with van der Waals surface area (Å²) in [5, 5.41) is 3.64. The highest BCUT2D eigenvalue weighted by atomic mass is 127. The van der Waals surface area contributed by atoms with Crippen molar-refractivity contribution in [1.82, 2.24) is 10.2 Å². The summed E-state index contributed by atoms with van der Waals surface area (Å²) in [5.41, 5.74) is 0.994. The number of amides is 2. The Hall–Kier alpha value is -2.34. The third kappa shape index (κ3) is 8.11. The van der Waals surface area contributed by atoms with Crippen LogP contribution in [-0.2, 0) is 26.2 Å². The summed E-state index contributed by atoms with van der Waals surface area (Å²) >= 11 is 14.5. The summed E-state index contributed by atoms with van der Waals surface area (Å²) in [6.45, 7) is 5.19. The fourth-order valence-electron chi connectivity index (χ4n) is 4.05. The lowest BCUT2D eigenvalue weighted by Crippen LogP contribution is -2.53. The Morgan fingerprint density at radius 2 is 1.57 bits per heavy atom. The Kier molecular flexibility index (Phi) is 11.7. The molecule has 0 spiro atoms. The Bertz CT molecular complexity index is 1420. The summed E-state index contributed by atoms with van der Waals surface area (Å²) < 4.78 is 29.6. The second kappa shape index (κ2) is 14.5. The minimum absolute atomic E-state index is 0.0358. The first-order valence-electron chi connectivity index (χ1n) is 12.8. The molecule has 11 heteroatoms. The molecule has 2 unspecified atom stereocenters. The molecule has 0 bridgehead atoms. The average Bonchev–Trinajstić information content (AvgIpc) is 2.94. The highest BCUT2D eigenvalue weighted by Crippen LogP contribution is 2.27. The van der Waals surface area contributed by atoms with E-state index in [0.29, 0.717) is 27.7 Å². The number of carbonyl (C=O) groups is 2. The van der Waals surface area contributed by atoms with Crippen LogP contribution in [0.2, 0.25) is 10.0 Å². The van der Waals surface area contributed by atoms with Gasteiger partial charge in [-0.3, -0.25) is 13.9 Å². The molecule has 0 saturated carbocycles. The predicted octanol–water partition coefficient (Wildman–Crippen LogP) is 6.52. The largest absolute Gasteiger partial charge is 0.352 e. The van der Waals surface area contributed by atoms with Crippen LogP contribution in [0.3, 0.4) is 0 Å². The summed E-state index contributed by atoms with van der Waals surface area (Å²) in [6.07, 6.45) is 1.04. The van der Waals surface area contributed by atoms with Gasteiger partial charge in [0, 0.05) is 16.2 Å². The van der Waals surface area contributed by atoms with Crippen LogP contribution in [0.4, 0.5) is 5.69 Å². The lowest BCUT2D eigenvalue weighted by molar-refractivity contribution is -0.140. The number of sulfonamides is 1. The van der Waals surface area contributed by atoms with Crippen molar-refractivity contribution in [3.8, 4) is 0 Å². The van der Waals surface area contributed by atoms with Gasteiger partial charge in [0.25, 0.3) is 10.0 Å². The number of rotatable bonds is 12. The number of carbonyl (C=O) groups excluding carboxylic acids is 2. The number of anilines is 1. The second-order valence-corrected chi connectivity index (χ2v) is 13.2. The molecule has 3 aromatic carbocycles. The lowest BCUT2D eigenvalue weighted by Gasteiger charge is -2.33. The minimum Gasteiger partial charge on any atom is -0.352 e. The van der Waals surface area contributed by atoms with Crippen LogP contribution in [0.1, 0.15) is 39.2 Å². The molecular weight excluding hydrogens is 684 g/mol. The standard InChI is InChI=1S/C29H32Cl2IN3O4S/c1-4-20(3)33-29(37)27(5-2)34(18-21-11-16-25(30)26(31)17-21)28(36)19-35(23-14-12-22(32)13-15-23)40(38,39)24-9-7-6-8-10-24/h6-17,20,27H,4-5,18-19H2,1-3H3,(H,33,37). The monoisotopic (exact) mass is 715 g/mol. The van der Waals surface area contributed by atoms with E-state index in [0.717, 1.165) is 14.3 Å². The molecule has 1 N–H and O–H groups in total. The highest BCUT2D eigenvalue weighted by molar-refractivity contribution is 14.1. The molecule has 3 rings (SSSR count). The zero-order valence-corrected chi connectivity index (χ0v) is 27.0. The van der Waals surface area contributed by atoms with Gasteiger partial charge in [0.15, 0.2) is 0 Å². The van der Waals surface area contributed by atoms with E-state index in [9.17, 15) is 18.0 Å². The van der Waals surface area contributed by atoms with E-state index in [1.54, 1.807) is 60.7 Å². The first-order chi connectivity index (χ1) is 19.0. The maximum absolute atomic E-state index is 14.1. The number of nitrogens with zero attached hydrogens (tertiary/aromatic N) is 2. The molecule has 0 aliphatic heterocycles. The zero-order valence-electron chi connectivity index (χ0n) is 22.5. The summed E-state index contributed by atoms with van der Waals surface area (Å²) in [6, 6.07) is 18.9. The maximum Gasteiger partial charge on any atom is 0.264 e. The molecule has 214 valence electrons. The molecule has 0 aliphatic carbocycles. The smallest absolute Gasteiger partial charge is 0.264 e. The topological polar surface area (TPSA) is 86.8 Å². The van der Waals surface area contributed by atoms with Crippen LogP contribution in [0.5, 0.6) is 0 Å². The van der Waals surface area contributed by atoms with Crippen molar-refractivity contribution in [2.75, 3.05) is 10.8 Å². The zero-order chi connectivity index (χ0) is 29.4. The number of benzene rings is 3. The Morgan fingerprint density at radius 1 is 0.925 bits per heavy atom. The van der Waals surface area contributed by atoms with Crippen LogP contribution >= 0.6 is 45.8 Å². The molecule has 0 aliphatic rings. The molecule has 0 aromatic heterocycles. The van der Waals surface area contributed by atoms with Gasteiger partial charge in [-0.2, -0.15) is 0 Å². The molecule has 7 nitrogen and oxygen atoms in total. The van der Waals surface area contributed by atoms with Gasteiger partial charge in [0.05, 0.1) is 20.6 Å². The Balaban J connectivity index is 2.06. The van der Waals surface area contributed by atoms with E-state index in [1.165, 1.54) is 17.0 Å². The van der Waals surface area contributed by atoms with Crippen LogP contribution in [0.15, 0.2) is 77.7 Å². The summed E-state index contributed by atoms with van der Waals surface area (Å²) in [4.78, 5) is 28.9. The SMILES string of the molecule is CCC(C)NC(=O)C(CC)N(Cc1ccc(Cl)c(Cl)c1)C(=O)CN(c1ccc(I)cc1)S(=O)(=O)c1ccccc1. The fraction of sp³-hybridized carbons (Fsp3) is 0.310. The van der Waals surface area contributed by atoms with Gasteiger partial charge in [-0.1, -0.05) is 61.3 Å². The molecule has 2 amide bonds. The van der Waals surface area contributed by atoms with Crippen molar-refractivity contribution in [3.05, 3.63) is 92.0 Å². The van der Waals surface area contributed by atoms with Gasteiger partial charge in [-0.05, 0) is 96.5 Å². The van der Waals surface area contributed by atoms with Gasteiger partial charge >= 0.3 is 0 Å². The van der Waals surface area contributed by atoms with Crippen molar-refractivity contribution < 1.29 is 18.0 Å². The second-order valence-electron chi connectivity index (χ2n) is 9.31. The number of halogens is 3. The molecule has 0 radical (unpaired) electrons. The third-order valence-corrected chi connectivity index (χ3v) is 9.69. The number of nitrogens with one attached hydrogen (secondary N) is 1. The molecule has 3 aromatic rings. The van der Waals surface area contributed by atoms with Crippen molar-refractivity contribution in [2.24, 2.45) is 0 Å². The number of hydrogen-bond donors (Lipinski definition) is 1. The van der Waals surface area contributed by atoms with E-state index in [2.05, 4.69) is 27.9 Å². The normalized spacial score (nSPS) is 12.8. The van der Waals surface area contributed by atoms with Gasteiger partial charge in [0.2, 0.25) is 11.8 Å². The first-order valence-corrected chi connectivity index (χ1v) is 16.1. The van der Waals surface area contributed by atoms with Crippen molar-refractivity contribution in [1.29, 1.82) is 0 Å². The molecule has 40 heavy (non-hydrogen) atoms. The van der Waals surface area contributed by atoms with E-state index in [-0.39, 0.29) is 23.4 Å². The third-order valence-electron chi connectivity index (χ3n) is 6.45. The van der Waals surface area contributed by atoms with Gasteiger partial charge in [-0.15, -0.1) is 0 Å². The molecule has 0 heterocycles. The van der Waals surface area contributed by atoms with Crippen LogP contribution < -0.4 is 9.62 Å². The average molecular weight is 716 g/mol. The molecular formula is C29H32Cl2IN3O4S. The van der Waals surface area contributed by atoms with Gasteiger partial charge in [-0.25, -0.2) is 8.42 Å². The molecule has 0 fully saturated rings. The Morgan fingerprint density at radius 3 is 2.15 bits per heavy atom. The highest BCUT2D eigenvalue weighted by Gasteiger charge is 2.34. The van der Waals surface area contributed by atoms with E-state index < -0.39 is 28.5 Å². The van der Waals surface area contributed by atoms with E-state index >= 15 is 0 Å². The van der Waals surface area contributed by atoms with Crippen LogP contribution in [0.25, 0.3) is 0 Å². The quantitative estimate of drug-likeness (QED) is 0.217. The van der Waals surface area contributed by atoms with Crippen molar-refractivity contribution in [3.63, 3.8) is 0 Å². The molecule has 0 saturated heterocycles. The lowest BCUT2D eigenvalue weighted by atomic mass is 10.1. The Labute approximate surface area is 260 Å². The summed E-state index contributed by atoms with van der Waals surface area (Å²) in [7, 11) is -4.11. The van der Waals surface area contributed by atoms with Crippen LogP contribution in [0, 0.1) is 3.57 Å². The van der Waals surface area contributed by atoms with Crippen LogP contribution in [-0.4, -0.2) is 43.8 Å². The summed E-state index contributed by atoms with van der Waals surface area (Å²) in [5.74, 6) is -0.840.